The average Bonchev–Trinajstić information content (AvgIpc) is 3.55. The van der Waals surface area contributed by atoms with E-state index in [0.717, 1.165) is 50.4 Å². The quantitative estimate of drug-likeness (QED) is 0.193. The summed E-state index contributed by atoms with van der Waals surface area (Å²) >= 11 is 1.81. The van der Waals surface area contributed by atoms with Gasteiger partial charge in [0.15, 0.2) is 5.82 Å². The van der Waals surface area contributed by atoms with Crippen LogP contribution in [0.2, 0.25) is 0 Å². The minimum absolute atomic E-state index is 0.678. The van der Waals surface area contributed by atoms with E-state index in [1.807, 2.05) is 60.0 Å². The first-order valence-electron chi connectivity index (χ1n) is 15.6. The molecule has 220 valence electrons. The molecule has 0 aliphatic rings. The van der Waals surface area contributed by atoms with Gasteiger partial charge in [0.1, 0.15) is 0 Å². The van der Waals surface area contributed by atoms with E-state index < -0.39 is 0 Å². The number of hydrogen-bond donors (Lipinski definition) is 0. The Morgan fingerprint density at radius 2 is 1.02 bits per heavy atom. The van der Waals surface area contributed by atoms with Gasteiger partial charge in [-0.3, -0.25) is 4.98 Å². The molecule has 4 heterocycles. The molecule has 9 rings (SSSR count). The fourth-order valence-corrected chi connectivity index (χ4v) is 7.44. The summed E-state index contributed by atoms with van der Waals surface area (Å²) in [4.78, 5) is 20.2. The van der Waals surface area contributed by atoms with Crippen LogP contribution in [0.15, 0.2) is 158 Å². The Bertz CT molecular complexity index is 2540. The number of benzene rings is 5. The summed E-state index contributed by atoms with van der Waals surface area (Å²) in [6, 6.07) is 52.2. The summed E-state index contributed by atoms with van der Waals surface area (Å²) < 4.78 is 2.49. The van der Waals surface area contributed by atoms with Crippen LogP contribution in [0.1, 0.15) is 0 Å². The number of rotatable bonds is 5. The Labute approximate surface area is 275 Å². The van der Waals surface area contributed by atoms with Crippen LogP contribution in [0, 0.1) is 0 Å². The lowest BCUT2D eigenvalue weighted by Gasteiger charge is -2.11. The third-order valence-corrected chi connectivity index (χ3v) is 9.77. The van der Waals surface area contributed by atoms with Gasteiger partial charge in [0.05, 0.1) is 28.3 Å². The summed E-state index contributed by atoms with van der Waals surface area (Å²) in [5.74, 6) is 0.678. The van der Waals surface area contributed by atoms with Gasteiger partial charge in [-0.15, -0.1) is 11.3 Å². The summed E-state index contributed by atoms with van der Waals surface area (Å²) in [5.41, 5.74) is 9.65. The molecular formula is C42H26N4S. The Kier molecular flexibility index (Phi) is 6.61. The molecule has 4 aromatic heterocycles. The second-order valence-corrected chi connectivity index (χ2v) is 12.5. The fraction of sp³-hybridized carbons (Fsp3) is 0. The minimum atomic E-state index is 0.678. The Hall–Kier alpha value is -6.04. The predicted molar refractivity (Wildman–Crippen MR) is 195 cm³/mol. The first-order valence-corrected chi connectivity index (χ1v) is 16.4. The van der Waals surface area contributed by atoms with Gasteiger partial charge in [-0.2, -0.15) is 0 Å². The lowest BCUT2D eigenvalue weighted by atomic mass is 10.0. The van der Waals surface area contributed by atoms with Crippen LogP contribution >= 0.6 is 11.3 Å². The van der Waals surface area contributed by atoms with Crippen LogP contribution < -0.4 is 0 Å². The highest BCUT2D eigenvalue weighted by molar-refractivity contribution is 7.26. The summed E-state index contributed by atoms with van der Waals surface area (Å²) in [6.45, 7) is 0. The van der Waals surface area contributed by atoms with Crippen LogP contribution in [-0.4, -0.2) is 19.9 Å². The lowest BCUT2D eigenvalue weighted by Crippen LogP contribution is -1.97. The van der Waals surface area contributed by atoms with Gasteiger partial charge in [0.2, 0.25) is 0 Å². The molecule has 0 saturated carbocycles. The minimum Gasteiger partial charge on any atom is -0.254 e. The maximum atomic E-state index is 5.15. The van der Waals surface area contributed by atoms with E-state index in [2.05, 4.69) is 109 Å². The average molecular weight is 619 g/mol. The molecule has 0 atom stereocenters. The van der Waals surface area contributed by atoms with Crippen molar-refractivity contribution in [2.45, 2.75) is 0 Å². The zero-order chi connectivity index (χ0) is 31.2. The molecule has 0 fully saturated rings. The number of thiophene rings is 1. The van der Waals surface area contributed by atoms with E-state index in [1.165, 1.54) is 31.3 Å². The van der Waals surface area contributed by atoms with Gasteiger partial charge in [0, 0.05) is 48.4 Å². The molecule has 4 nitrogen and oxygen atoms in total. The van der Waals surface area contributed by atoms with Crippen molar-refractivity contribution in [1.29, 1.82) is 0 Å². The van der Waals surface area contributed by atoms with Crippen molar-refractivity contribution in [1.82, 2.24) is 19.9 Å². The molecule has 0 saturated heterocycles. The smallest absolute Gasteiger partial charge is 0.160 e. The van der Waals surface area contributed by atoms with Crippen LogP contribution in [0.5, 0.6) is 0 Å². The number of fused-ring (bicyclic) bond motifs is 5. The van der Waals surface area contributed by atoms with Gasteiger partial charge in [-0.1, -0.05) is 121 Å². The molecular weight excluding hydrogens is 593 g/mol. The molecule has 0 amide bonds. The second kappa shape index (κ2) is 11.4. The van der Waals surface area contributed by atoms with E-state index in [-0.39, 0.29) is 0 Å². The van der Waals surface area contributed by atoms with Gasteiger partial charge < -0.3 is 0 Å². The summed E-state index contributed by atoms with van der Waals surface area (Å²) in [5, 5.41) is 3.53. The number of para-hydroxylation sites is 1. The first kappa shape index (κ1) is 27.3. The monoisotopic (exact) mass is 618 g/mol. The Balaban J connectivity index is 1.16. The van der Waals surface area contributed by atoms with Crippen molar-refractivity contribution >= 4 is 42.4 Å². The highest BCUT2D eigenvalue weighted by atomic mass is 32.1. The van der Waals surface area contributed by atoms with Crippen molar-refractivity contribution < 1.29 is 0 Å². The van der Waals surface area contributed by atoms with Crippen molar-refractivity contribution in [2.75, 3.05) is 0 Å². The third kappa shape index (κ3) is 4.94. The lowest BCUT2D eigenvalue weighted by molar-refractivity contribution is 1.18. The highest BCUT2D eigenvalue weighted by Gasteiger charge is 2.17. The van der Waals surface area contributed by atoms with E-state index in [4.69, 9.17) is 19.9 Å². The zero-order valence-corrected chi connectivity index (χ0v) is 26.0. The molecule has 0 aliphatic carbocycles. The van der Waals surface area contributed by atoms with Crippen LogP contribution in [-0.2, 0) is 0 Å². The van der Waals surface area contributed by atoms with Crippen molar-refractivity contribution in [3.05, 3.63) is 158 Å². The normalized spacial score (nSPS) is 11.4. The standard InChI is InChI=1S/C42H26N4S/c1-3-11-27(12-4-1)28-19-21-29(22-20-28)36-25-37(46-42(45-36)30-13-5-2-6-14-30)31-23-24-35(43-26-31)40-39-33-16-8-10-18-38(33)47-41(39)32-15-7-9-17-34(32)44-40/h1-26H. The highest BCUT2D eigenvalue weighted by Crippen LogP contribution is 2.42. The van der Waals surface area contributed by atoms with E-state index in [1.54, 1.807) is 0 Å². The van der Waals surface area contributed by atoms with E-state index >= 15 is 0 Å². The first-order chi connectivity index (χ1) is 23.3. The molecule has 0 bridgehead atoms. The molecule has 0 N–H and O–H groups in total. The van der Waals surface area contributed by atoms with Crippen molar-refractivity contribution in [3.8, 4) is 56.4 Å². The van der Waals surface area contributed by atoms with Crippen molar-refractivity contribution in [3.63, 3.8) is 0 Å². The van der Waals surface area contributed by atoms with Gasteiger partial charge in [0.25, 0.3) is 0 Å². The van der Waals surface area contributed by atoms with Crippen LogP contribution in [0.4, 0.5) is 0 Å². The molecule has 5 aromatic carbocycles. The summed E-state index contributed by atoms with van der Waals surface area (Å²) in [6.07, 6.45) is 1.91. The SMILES string of the molecule is c1ccc(-c2ccc(-c3cc(-c4ccc(-c5nc6ccccc6c6sc7ccccc7c56)nc4)nc(-c4ccccc4)n3)cc2)cc1. The third-order valence-electron chi connectivity index (χ3n) is 8.56. The maximum Gasteiger partial charge on any atom is 0.160 e. The molecule has 9 aromatic rings. The number of pyridine rings is 2. The van der Waals surface area contributed by atoms with Crippen LogP contribution in [0.25, 0.3) is 87.5 Å². The molecule has 0 aliphatic heterocycles. The second-order valence-electron chi connectivity index (χ2n) is 11.5. The fourth-order valence-electron chi connectivity index (χ4n) is 6.20. The van der Waals surface area contributed by atoms with Crippen molar-refractivity contribution in [2.24, 2.45) is 0 Å². The van der Waals surface area contributed by atoms with Crippen LogP contribution in [0.3, 0.4) is 0 Å². The maximum absolute atomic E-state index is 5.15. The largest absolute Gasteiger partial charge is 0.254 e. The molecule has 0 spiro atoms. The number of nitrogens with zero attached hydrogens (tertiary/aromatic N) is 4. The Morgan fingerprint density at radius 3 is 1.77 bits per heavy atom. The molecule has 47 heavy (non-hydrogen) atoms. The summed E-state index contributed by atoms with van der Waals surface area (Å²) in [7, 11) is 0. The van der Waals surface area contributed by atoms with E-state index in [0.29, 0.717) is 5.82 Å². The zero-order valence-electron chi connectivity index (χ0n) is 25.2. The van der Waals surface area contributed by atoms with Gasteiger partial charge in [-0.05, 0) is 41.5 Å². The predicted octanol–water partition coefficient (Wildman–Crippen LogP) is 11.1. The van der Waals surface area contributed by atoms with Gasteiger partial charge >= 0.3 is 0 Å². The topological polar surface area (TPSA) is 51.6 Å². The molecule has 0 radical (unpaired) electrons. The van der Waals surface area contributed by atoms with Gasteiger partial charge in [-0.25, -0.2) is 15.0 Å². The number of hydrogen-bond acceptors (Lipinski definition) is 5. The van der Waals surface area contributed by atoms with E-state index in [9.17, 15) is 0 Å². The molecule has 0 unspecified atom stereocenters. The Morgan fingerprint density at radius 1 is 0.426 bits per heavy atom. The number of aromatic nitrogens is 4. The molecule has 5 heteroatoms.